The molecule has 8 nitrogen and oxygen atoms in total. The van der Waals surface area contributed by atoms with E-state index in [0.717, 1.165) is 25.5 Å². The van der Waals surface area contributed by atoms with E-state index >= 15 is 0 Å². The fraction of sp³-hybridized carbons (Fsp3) is 0.684. The van der Waals surface area contributed by atoms with Crippen LogP contribution in [0.4, 0.5) is 5.82 Å². The third-order valence-electron chi connectivity index (χ3n) is 5.20. The highest BCUT2D eigenvalue weighted by Gasteiger charge is 2.22. The molecule has 2 amide bonds. The second-order valence-electron chi connectivity index (χ2n) is 7.24. The number of nitrogens with one attached hydrogen (secondary N) is 1. The van der Waals surface area contributed by atoms with Gasteiger partial charge in [0.25, 0.3) is 0 Å². The summed E-state index contributed by atoms with van der Waals surface area (Å²) < 4.78 is 0. The minimum atomic E-state index is -0.0222. The number of amides is 2. The smallest absolute Gasteiger partial charge is 0.230 e. The zero-order valence-electron chi connectivity index (χ0n) is 16.9. The highest BCUT2D eigenvalue weighted by atomic mass is 35.5. The van der Waals surface area contributed by atoms with E-state index in [4.69, 9.17) is 11.6 Å². The lowest BCUT2D eigenvalue weighted by Gasteiger charge is -2.35. The van der Waals surface area contributed by atoms with Crippen LogP contribution >= 0.6 is 23.4 Å². The number of anilines is 1. The number of aromatic nitrogens is 2. The number of halogens is 1. The standard InChI is InChI=1S/C19H29ClN6O2S/c1-2-18(28)26-11-9-25(10-12-26)16-13-15(20)22-19(23-16)29-14-17(27)21-5-8-24-6-3-4-7-24/h13H,2-12,14H2,1H3,(H,21,27). The predicted octanol–water partition coefficient (Wildman–Crippen LogP) is 1.49. The summed E-state index contributed by atoms with van der Waals surface area (Å²) in [7, 11) is 0. The first-order chi connectivity index (χ1) is 14.0. The molecule has 0 saturated carbocycles. The minimum Gasteiger partial charge on any atom is -0.354 e. The Bertz CT molecular complexity index is 708. The summed E-state index contributed by atoms with van der Waals surface area (Å²) in [5.74, 6) is 1.16. The highest BCUT2D eigenvalue weighted by molar-refractivity contribution is 7.99. The van der Waals surface area contributed by atoms with Crippen LogP contribution < -0.4 is 10.2 Å². The molecule has 0 radical (unpaired) electrons. The van der Waals surface area contributed by atoms with Crippen LogP contribution in [0.5, 0.6) is 0 Å². The van der Waals surface area contributed by atoms with Crippen molar-refractivity contribution in [3.05, 3.63) is 11.2 Å². The fourth-order valence-electron chi connectivity index (χ4n) is 3.56. The highest BCUT2D eigenvalue weighted by Crippen LogP contribution is 2.23. The van der Waals surface area contributed by atoms with Crippen molar-refractivity contribution in [2.24, 2.45) is 0 Å². The second kappa shape index (κ2) is 11.0. The van der Waals surface area contributed by atoms with Crippen molar-refractivity contribution < 1.29 is 9.59 Å². The van der Waals surface area contributed by atoms with Gasteiger partial charge in [0.2, 0.25) is 11.8 Å². The first kappa shape index (κ1) is 22.1. The van der Waals surface area contributed by atoms with E-state index in [9.17, 15) is 9.59 Å². The molecule has 160 valence electrons. The van der Waals surface area contributed by atoms with E-state index < -0.39 is 0 Å². The molecule has 0 atom stereocenters. The van der Waals surface area contributed by atoms with Crippen molar-refractivity contribution >= 4 is 41.0 Å². The van der Waals surface area contributed by atoms with Crippen LogP contribution in [0.2, 0.25) is 5.15 Å². The van der Waals surface area contributed by atoms with Gasteiger partial charge < -0.3 is 20.0 Å². The van der Waals surface area contributed by atoms with Gasteiger partial charge in [-0.15, -0.1) is 0 Å². The molecule has 2 aliphatic heterocycles. The molecule has 0 spiro atoms. The van der Waals surface area contributed by atoms with Crippen LogP contribution in [-0.4, -0.2) is 89.7 Å². The number of nitrogens with zero attached hydrogens (tertiary/aromatic N) is 5. The van der Waals surface area contributed by atoms with Crippen LogP contribution in [0, 0.1) is 0 Å². The number of likely N-dealkylation sites (tertiary alicyclic amines) is 1. The molecule has 1 aromatic rings. The van der Waals surface area contributed by atoms with Crippen LogP contribution in [0.3, 0.4) is 0 Å². The summed E-state index contributed by atoms with van der Waals surface area (Å²) in [4.78, 5) is 39.1. The Kier molecular flexibility index (Phi) is 8.38. The molecular weight excluding hydrogens is 412 g/mol. The van der Waals surface area contributed by atoms with E-state index in [1.807, 2.05) is 11.8 Å². The average molecular weight is 441 g/mol. The zero-order valence-corrected chi connectivity index (χ0v) is 18.5. The number of rotatable bonds is 8. The predicted molar refractivity (Wildman–Crippen MR) is 116 cm³/mol. The molecule has 2 saturated heterocycles. The third-order valence-corrected chi connectivity index (χ3v) is 6.24. The maximum atomic E-state index is 12.1. The van der Waals surface area contributed by atoms with Gasteiger partial charge in [0.05, 0.1) is 5.75 Å². The van der Waals surface area contributed by atoms with E-state index in [0.29, 0.717) is 49.5 Å². The minimum absolute atomic E-state index is 0.0222. The molecule has 3 heterocycles. The monoisotopic (exact) mass is 440 g/mol. The van der Waals surface area contributed by atoms with E-state index in [1.54, 1.807) is 6.07 Å². The molecule has 1 aromatic heterocycles. The molecule has 29 heavy (non-hydrogen) atoms. The largest absolute Gasteiger partial charge is 0.354 e. The molecule has 0 bridgehead atoms. The number of carbonyl (C=O) groups excluding carboxylic acids is 2. The van der Waals surface area contributed by atoms with Gasteiger partial charge in [0.15, 0.2) is 5.16 Å². The Morgan fingerprint density at radius 2 is 1.86 bits per heavy atom. The molecule has 10 heteroatoms. The molecule has 2 fully saturated rings. The lowest BCUT2D eigenvalue weighted by molar-refractivity contribution is -0.131. The fourth-order valence-corrected chi connectivity index (χ4v) is 4.47. The van der Waals surface area contributed by atoms with Crippen molar-refractivity contribution in [1.29, 1.82) is 0 Å². The van der Waals surface area contributed by atoms with Gasteiger partial charge >= 0.3 is 0 Å². The number of hydrogen-bond acceptors (Lipinski definition) is 7. The van der Waals surface area contributed by atoms with Gasteiger partial charge in [0, 0.05) is 51.8 Å². The first-order valence-corrected chi connectivity index (χ1v) is 11.6. The molecule has 0 unspecified atom stereocenters. The number of hydrogen-bond donors (Lipinski definition) is 1. The Hall–Kier alpha value is -1.58. The molecular formula is C19H29ClN6O2S. The van der Waals surface area contributed by atoms with Gasteiger partial charge in [-0.25, -0.2) is 9.97 Å². The van der Waals surface area contributed by atoms with Gasteiger partial charge in [-0.2, -0.15) is 0 Å². The Balaban J connectivity index is 1.46. The number of carbonyl (C=O) groups is 2. The molecule has 1 N–H and O–H groups in total. The lowest BCUT2D eigenvalue weighted by Crippen LogP contribution is -2.48. The Morgan fingerprint density at radius 1 is 1.14 bits per heavy atom. The van der Waals surface area contributed by atoms with Crippen LogP contribution in [0.25, 0.3) is 0 Å². The van der Waals surface area contributed by atoms with Crippen molar-refractivity contribution in [2.75, 3.05) is 63.0 Å². The van der Waals surface area contributed by atoms with Gasteiger partial charge in [0.1, 0.15) is 11.0 Å². The van der Waals surface area contributed by atoms with Crippen molar-refractivity contribution in [1.82, 2.24) is 25.1 Å². The molecule has 2 aliphatic rings. The maximum absolute atomic E-state index is 12.1. The number of piperazine rings is 1. The van der Waals surface area contributed by atoms with Gasteiger partial charge in [-0.1, -0.05) is 30.3 Å². The van der Waals surface area contributed by atoms with Gasteiger partial charge in [-0.05, 0) is 25.9 Å². The van der Waals surface area contributed by atoms with Gasteiger partial charge in [-0.3, -0.25) is 9.59 Å². The summed E-state index contributed by atoms with van der Waals surface area (Å²) in [6.07, 6.45) is 3.03. The summed E-state index contributed by atoms with van der Waals surface area (Å²) >= 11 is 7.47. The zero-order chi connectivity index (χ0) is 20.6. The topological polar surface area (TPSA) is 81.7 Å². The first-order valence-electron chi connectivity index (χ1n) is 10.2. The van der Waals surface area contributed by atoms with Crippen LogP contribution in [-0.2, 0) is 9.59 Å². The summed E-state index contributed by atoms with van der Waals surface area (Å²) in [5, 5.41) is 3.81. The van der Waals surface area contributed by atoms with E-state index in [-0.39, 0.29) is 17.6 Å². The van der Waals surface area contributed by atoms with E-state index in [1.165, 1.54) is 24.6 Å². The van der Waals surface area contributed by atoms with Crippen molar-refractivity contribution in [2.45, 2.75) is 31.3 Å². The third kappa shape index (κ3) is 6.72. The van der Waals surface area contributed by atoms with E-state index in [2.05, 4.69) is 25.1 Å². The summed E-state index contributed by atoms with van der Waals surface area (Å²) in [5.41, 5.74) is 0. The second-order valence-corrected chi connectivity index (χ2v) is 8.57. The quantitative estimate of drug-likeness (QED) is 0.372. The molecule has 0 aliphatic carbocycles. The molecule has 0 aromatic carbocycles. The summed E-state index contributed by atoms with van der Waals surface area (Å²) in [6.45, 7) is 8.48. The van der Waals surface area contributed by atoms with Crippen molar-refractivity contribution in [3.8, 4) is 0 Å². The van der Waals surface area contributed by atoms with Crippen LogP contribution in [0.1, 0.15) is 26.2 Å². The number of thioether (sulfide) groups is 1. The normalized spacial score (nSPS) is 17.6. The maximum Gasteiger partial charge on any atom is 0.230 e. The van der Waals surface area contributed by atoms with Crippen molar-refractivity contribution in [3.63, 3.8) is 0 Å². The van der Waals surface area contributed by atoms with Crippen LogP contribution in [0.15, 0.2) is 11.2 Å². The Morgan fingerprint density at radius 3 is 2.55 bits per heavy atom. The lowest BCUT2D eigenvalue weighted by atomic mass is 10.3. The Labute approximate surface area is 181 Å². The molecule has 3 rings (SSSR count). The average Bonchev–Trinajstić information content (AvgIpc) is 3.25. The SMILES string of the molecule is CCC(=O)N1CCN(c2cc(Cl)nc(SCC(=O)NCCN3CCCC3)n2)CC1. The summed E-state index contributed by atoms with van der Waals surface area (Å²) in [6, 6.07) is 1.74.